The van der Waals surface area contributed by atoms with Crippen LogP contribution in [0.2, 0.25) is 0 Å². The molecular weight excluding hydrogens is 246 g/mol. The molecule has 1 fully saturated rings. The van der Waals surface area contributed by atoms with Gasteiger partial charge in [0, 0.05) is 20.1 Å². The van der Waals surface area contributed by atoms with Gasteiger partial charge in [-0.25, -0.2) is 4.79 Å². The zero-order valence-corrected chi connectivity index (χ0v) is 11.3. The minimum Gasteiger partial charge on any atom is -0.377 e. The highest BCUT2D eigenvalue weighted by molar-refractivity contribution is 5.87. The fraction of sp³-hybridized carbons (Fsp3) is 0.692. The molecule has 0 spiro atoms. The van der Waals surface area contributed by atoms with Gasteiger partial charge >= 0.3 is 6.03 Å². The zero-order valence-electron chi connectivity index (χ0n) is 11.3. The molecule has 0 aromatic carbocycles. The molecule has 1 atom stereocenters. The van der Waals surface area contributed by atoms with Crippen molar-refractivity contribution in [2.45, 2.75) is 25.3 Å². The van der Waals surface area contributed by atoms with Crippen molar-refractivity contribution in [2.24, 2.45) is 0 Å². The molecule has 106 valence electrons. The van der Waals surface area contributed by atoms with Crippen molar-refractivity contribution in [3.05, 3.63) is 11.6 Å². The van der Waals surface area contributed by atoms with Gasteiger partial charge in [-0.05, 0) is 19.3 Å². The van der Waals surface area contributed by atoms with E-state index in [2.05, 4.69) is 10.6 Å². The molecule has 2 aliphatic heterocycles. The summed E-state index contributed by atoms with van der Waals surface area (Å²) in [5, 5.41) is 5.53. The summed E-state index contributed by atoms with van der Waals surface area (Å²) in [6.07, 6.45) is 4.48. The first-order chi connectivity index (χ1) is 9.16. The zero-order chi connectivity index (χ0) is 13.7. The molecule has 3 amide bonds. The van der Waals surface area contributed by atoms with Crippen molar-refractivity contribution in [3.63, 3.8) is 0 Å². The Hall–Kier alpha value is -1.56. The van der Waals surface area contributed by atoms with E-state index in [4.69, 9.17) is 4.74 Å². The molecule has 2 heterocycles. The van der Waals surface area contributed by atoms with Crippen molar-refractivity contribution in [1.29, 1.82) is 0 Å². The minimum absolute atomic E-state index is 0.00770. The molecule has 2 N–H and O–H groups in total. The highest BCUT2D eigenvalue weighted by Crippen LogP contribution is 2.10. The molecule has 2 aliphatic rings. The summed E-state index contributed by atoms with van der Waals surface area (Å²) in [6, 6.07) is -0.663. The van der Waals surface area contributed by atoms with Crippen LogP contribution in [0.15, 0.2) is 11.6 Å². The van der Waals surface area contributed by atoms with Gasteiger partial charge in [0.25, 0.3) is 0 Å². The second kappa shape index (κ2) is 6.56. The molecule has 0 aromatic rings. The summed E-state index contributed by atoms with van der Waals surface area (Å²) in [4.78, 5) is 25.2. The van der Waals surface area contributed by atoms with Crippen LogP contribution in [0.3, 0.4) is 0 Å². The first-order valence-electron chi connectivity index (χ1n) is 6.72. The fourth-order valence-corrected chi connectivity index (χ4v) is 2.30. The number of likely N-dealkylation sites (tertiary alicyclic amines) is 1. The molecule has 2 rings (SSSR count). The van der Waals surface area contributed by atoms with E-state index in [0.717, 1.165) is 19.4 Å². The van der Waals surface area contributed by atoms with Crippen LogP contribution >= 0.6 is 0 Å². The van der Waals surface area contributed by atoms with Crippen molar-refractivity contribution in [3.8, 4) is 0 Å². The third kappa shape index (κ3) is 3.96. The first-order valence-corrected chi connectivity index (χ1v) is 6.72. The molecule has 0 aromatic heterocycles. The molecule has 1 saturated heterocycles. The van der Waals surface area contributed by atoms with Gasteiger partial charge in [-0.3, -0.25) is 4.79 Å². The fourth-order valence-electron chi connectivity index (χ4n) is 2.30. The summed E-state index contributed by atoms with van der Waals surface area (Å²) in [7, 11) is 1.76. The van der Waals surface area contributed by atoms with Crippen LogP contribution < -0.4 is 10.6 Å². The molecule has 6 nitrogen and oxygen atoms in total. The second-order valence-electron chi connectivity index (χ2n) is 4.97. The number of amides is 3. The predicted octanol–water partition coefficient (Wildman–Crippen LogP) is 0.253. The van der Waals surface area contributed by atoms with Gasteiger partial charge < -0.3 is 20.3 Å². The van der Waals surface area contributed by atoms with Gasteiger partial charge in [0.1, 0.15) is 6.04 Å². The Labute approximate surface area is 113 Å². The lowest BCUT2D eigenvalue weighted by atomic mass is 10.1. The third-order valence-electron chi connectivity index (χ3n) is 3.50. The van der Waals surface area contributed by atoms with Crippen molar-refractivity contribution >= 4 is 11.9 Å². The van der Waals surface area contributed by atoms with Gasteiger partial charge in [-0.15, -0.1) is 0 Å². The SMILES string of the molecule is CN1CCCC(NC(=O)NCC2=CCOCC2)C1=O. The van der Waals surface area contributed by atoms with E-state index >= 15 is 0 Å². The van der Waals surface area contributed by atoms with E-state index in [0.29, 0.717) is 26.2 Å². The third-order valence-corrected chi connectivity index (χ3v) is 3.50. The van der Waals surface area contributed by atoms with E-state index in [1.807, 2.05) is 6.08 Å². The number of nitrogens with one attached hydrogen (secondary N) is 2. The van der Waals surface area contributed by atoms with E-state index in [9.17, 15) is 9.59 Å². The smallest absolute Gasteiger partial charge is 0.315 e. The van der Waals surface area contributed by atoms with Crippen LogP contribution in [-0.4, -0.2) is 56.2 Å². The van der Waals surface area contributed by atoms with Gasteiger partial charge in [0.05, 0.1) is 13.2 Å². The number of likely N-dealkylation sites (N-methyl/N-ethyl adjacent to an activating group) is 1. The standard InChI is InChI=1S/C13H21N3O3/c1-16-6-2-3-11(12(16)17)15-13(18)14-9-10-4-7-19-8-5-10/h4,11H,2-3,5-9H2,1H3,(H2,14,15,18). The maximum Gasteiger partial charge on any atom is 0.315 e. The Morgan fingerprint density at radius 1 is 1.58 bits per heavy atom. The number of rotatable bonds is 3. The van der Waals surface area contributed by atoms with Crippen LogP contribution in [0.5, 0.6) is 0 Å². The molecule has 0 aliphatic carbocycles. The maximum absolute atomic E-state index is 11.8. The quantitative estimate of drug-likeness (QED) is 0.720. The Bertz CT molecular complexity index is 381. The Morgan fingerprint density at radius 2 is 2.42 bits per heavy atom. The number of piperidine rings is 1. The second-order valence-corrected chi connectivity index (χ2v) is 4.97. The highest BCUT2D eigenvalue weighted by Gasteiger charge is 2.27. The molecular formula is C13H21N3O3. The molecule has 0 bridgehead atoms. The normalized spacial score (nSPS) is 23.8. The summed E-state index contributed by atoms with van der Waals surface area (Å²) in [5.41, 5.74) is 1.17. The average molecular weight is 267 g/mol. The Balaban J connectivity index is 1.74. The lowest BCUT2D eigenvalue weighted by Crippen LogP contribution is -2.53. The van der Waals surface area contributed by atoms with Crippen LogP contribution in [0.1, 0.15) is 19.3 Å². The molecule has 0 saturated carbocycles. The van der Waals surface area contributed by atoms with Crippen LogP contribution in [0.4, 0.5) is 4.79 Å². The predicted molar refractivity (Wildman–Crippen MR) is 70.7 cm³/mol. The number of hydrogen-bond acceptors (Lipinski definition) is 3. The van der Waals surface area contributed by atoms with E-state index in [-0.39, 0.29) is 18.0 Å². The highest BCUT2D eigenvalue weighted by atomic mass is 16.5. The van der Waals surface area contributed by atoms with E-state index in [1.165, 1.54) is 5.57 Å². The first kappa shape index (κ1) is 13.9. The Kier molecular flexibility index (Phi) is 4.79. The van der Waals surface area contributed by atoms with Gasteiger partial charge in [-0.1, -0.05) is 11.6 Å². The van der Waals surface area contributed by atoms with Crippen LogP contribution in [-0.2, 0) is 9.53 Å². The van der Waals surface area contributed by atoms with Gasteiger partial charge in [-0.2, -0.15) is 0 Å². The minimum atomic E-state index is -0.387. The molecule has 19 heavy (non-hydrogen) atoms. The van der Waals surface area contributed by atoms with E-state index in [1.54, 1.807) is 11.9 Å². The number of hydrogen-bond donors (Lipinski definition) is 2. The summed E-state index contributed by atoms with van der Waals surface area (Å²) >= 11 is 0. The van der Waals surface area contributed by atoms with Crippen molar-refractivity contribution in [2.75, 3.05) is 33.4 Å². The molecule has 6 heteroatoms. The summed E-state index contributed by atoms with van der Waals surface area (Å²) < 4.78 is 5.20. The Morgan fingerprint density at radius 3 is 3.16 bits per heavy atom. The van der Waals surface area contributed by atoms with Gasteiger partial charge in [0.15, 0.2) is 0 Å². The maximum atomic E-state index is 11.8. The van der Waals surface area contributed by atoms with Crippen molar-refractivity contribution < 1.29 is 14.3 Å². The summed E-state index contributed by atoms with van der Waals surface area (Å²) in [5.74, 6) is -0.00770. The molecule has 1 unspecified atom stereocenters. The van der Waals surface area contributed by atoms with Crippen LogP contribution in [0.25, 0.3) is 0 Å². The largest absolute Gasteiger partial charge is 0.377 e. The van der Waals surface area contributed by atoms with Crippen molar-refractivity contribution in [1.82, 2.24) is 15.5 Å². The number of urea groups is 1. The lowest BCUT2D eigenvalue weighted by molar-refractivity contribution is -0.134. The number of ether oxygens (including phenoxy) is 1. The summed E-state index contributed by atoms with van der Waals surface area (Å²) in [6.45, 7) is 2.61. The van der Waals surface area contributed by atoms with E-state index < -0.39 is 0 Å². The van der Waals surface area contributed by atoms with Crippen LogP contribution in [0, 0.1) is 0 Å². The topological polar surface area (TPSA) is 70.7 Å². The average Bonchev–Trinajstić information content (AvgIpc) is 2.43. The number of carbonyl (C=O) groups is 2. The lowest BCUT2D eigenvalue weighted by Gasteiger charge is -2.29. The molecule has 0 radical (unpaired) electrons. The number of carbonyl (C=O) groups excluding carboxylic acids is 2. The van der Waals surface area contributed by atoms with Gasteiger partial charge in [0.2, 0.25) is 5.91 Å². The number of nitrogens with zero attached hydrogens (tertiary/aromatic N) is 1. The monoisotopic (exact) mass is 267 g/mol.